The van der Waals surface area contributed by atoms with Crippen molar-refractivity contribution in [3.8, 4) is 0 Å². The number of aliphatic hydroxyl groups is 1. The second-order valence-corrected chi connectivity index (χ2v) is 16.9. The zero-order valence-electron chi connectivity index (χ0n) is 21.4. The van der Waals surface area contributed by atoms with Crippen LogP contribution < -0.4 is 10.6 Å². The van der Waals surface area contributed by atoms with Gasteiger partial charge in [0.1, 0.15) is 12.6 Å². The van der Waals surface area contributed by atoms with Crippen LogP contribution in [0.25, 0.3) is 0 Å². The summed E-state index contributed by atoms with van der Waals surface area (Å²) in [6, 6.07) is 5.44. The van der Waals surface area contributed by atoms with Crippen molar-refractivity contribution < 1.29 is 23.5 Å². The zero-order chi connectivity index (χ0) is 26.5. The smallest absolute Gasteiger partial charge is 0.319 e. The van der Waals surface area contributed by atoms with E-state index in [1.807, 2.05) is 0 Å². The highest BCUT2D eigenvalue weighted by Crippen LogP contribution is 2.56. The number of anilines is 1. The monoisotopic (exact) mass is 519 g/mol. The minimum absolute atomic E-state index is 0.0327. The number of hydrogen-bond donors (Lipinski definition) is 4. The molecule has 11 heteroatoms. The highest BCUT2D eigenvalue weighted by Gasteiger charge is 2.54. The number of fused-ring (bicyclic) bond motifs is 1. The standard InChI is InChI=1S/C25H35F2N5O3Si/c1-23(2)19-17(20(31-30-19)29-21(34)24(12-9-13-24)36(3,4)5)14-32(23)22(35)28-18(25(26,27)15-33)16-10-7-6-8-11-16/h6-8,10-11,18,33H,9,12-15H2,1-5H3,(H,28,35)(H2,29,30,31,34). The molecule has 2 aliphatic rings. The van der Waals surface area contributed by atoms with Gasteiger partial charge in [0.2, 0.25) is 5.91 Å². The van der Waals surface area contributed by atoms with Crippen LogP contribution in [0.4, 0.5) is 19.4 Å². The van der Waals surface area contributed by atoms with E-state index in [-0.39, 0.29) is 23.1 Å². The third kappa shape index (κ3) is 4.21. The molecular weight excluding hydrogens is 484 g/mol. The molecule has 2 heterocycles. The van der Waals surface area contributed by atoms with Gasteiger partial charge in [-0.1, -0.05) is 56.4 Å². The lowest BCUT2D eigenvalue weighted by Gasteiger charge is -2.48. The molecular formula is C25H35F2N5O3Si. The maximum absolute atomic E-state index is 14.7. The van der Waals surface area contributed by atoms with E-state index in [9.17, 15) is 23.5 Å². The number of aromatic nitrogens is 2. The van der Waals surface area contributed by atoms with Crippen molar-refractivity contribution in [1.29, 1.82) is 0 Å². The van der Waals surface area contributed by atoms with E-state index < -0.39 is 38.2 Å². The number of aromatic amines is 1. The van der Waals surface area contributed by atoms with Gasteiger partial charge in [0, 0.05) is 10.6 Å². The number of alkyl halides is 2. The Bertz CT molecular complexity index is 1140. The Balaban J connectivity index is 1.56. The first-order valence-corrected chi connectivity index (χ1v) is 15.8. The first kappa shape index (κ1) is 26.3. The molecule has 0 bridgehead atoms. The Morgan fingerprint density at radius 1 is 1.22 bits per heavy atom. The van der Waals surface area contributed by atoms with Crippen molar-refractivity contribution in [2.45, 2.75) is 81.8 Å². The number of rotatable bonds is 7. The molecule has 1 aliphatic carbocycles. The minimum Gasteiger partial charge on any atom is -0.390 e. The molecule has 2 aromatic rings. The van der Waals surface area contributed by atoms with E-state index in [0.29, 0.717) is 17.1 Å². The summed E-state index contributed by atoms with van der Waals surface area (Å²) < 4.78 is 29.3. The Morgan fingerprint density at radius 3 is 2.39 bits per heavy atom. The summed E-state index contributed by atoms with van der Waals surface area (Å²) in [6.07, 6.45) is 2.75. The van der Waals surface area contributed by atoms with Crippen molar-refractivity contribution in [3.63, 3.8) is 0 Å². The van der Waals surface area contributed by atoms with Crippen molar-refractivity contribution >= 4 is 25.8 Å². The largest absolute Gasteiger partial charge is 0.390 e. The second-order valence-electron chi connectivity index (χ2n) is 11.4. The Kier molecular flexibility index (Phi) is 6.53. The van der Waals surface area contributed by atoms with Gasteiger partial charge < -0.3 is 20.6 Å². The van der Waals surface area contributed by atoms with Gasteiger partial charge in [-0.2, -0.15) is 5.10 Å². The number of amides is 3. The van der Waals surface area contributed by atoms with Crippen LogP contribution in [0.3, 0.4) is 0 Å². The SMILES string of the molecule is CC1(C)c2[nH]nc(NC(=O)C3([Si](C)(C)C)CCC3)c2CN1C(=O)NC(c1ccccc1)C(F)(F)CO. The summed E-state index contributed by atoms with van der Waals surface area (Å²) in [5.74, 6) is -3.22. The molecule has 4 rings (SSSR count). The molecule has 1 unspecified atom stereocenters. The Morgan fingerprint density at radius 2 is 1.86 bits per heavy atom. The lowest BCUT2D eigenvalue weighted by molar-refractivity contribution is -0.121. The molecule has 1 aliphatic heterocycles. The molecule has 4 N–H and O–H groups in total. The molecule has 0 spiro atoms. The Labute approximate surface area is 210 Å². The average Bonchev–Trinajstić information content (AvgIpc) is 3.28. The number of urea groups is 1. The van der Waals surface area contributed by atoms with Crippen molar-refractivity contribution in [3.05, 3.63) is 47.2 Å². The number of aliphatic hydroxyl groups excluding tert-OH is 1. The molecule has 8 nitrogen and oxygen atoms in total. The van der Waals surface area contributed by atoms with Gasteiger partial charge in [-0.3, -0.25) is 9.89 Å². The van der Waals surface area contributed by atoms with Crippen LogP contribution in [0, 0.1) is 0 Å². The Hall–Kier alpha value is -2.79. The lowest BCUT2D eigenvalue weighted by Crippen LogP contribution is -2.52. The van der Waals surface area contributed by atoms with Gasteiger partial charge >= 0.3 is 6.03 Å². The number of nitrogens with one attached hydrogen (secondary N) is 3. The fraction of sp³-hybridized carbons (Fsp3) is 0.560. The van der Waals surface area contributed by atoms with Gasteiger partial charge in [0.15, 0.2) is 5.82 Å². The van der Waals surface area contributed by atoms with E-state index in [1.54, 1.807) is 32.0 Å². The van der Waals surface area contributed by atoms with Gasteiger partial charge in [-0.25, -0.2) is 13.6 Å². The van der Waals surface area contributed by atoms with Gasteiger partial charge in [-0.05, 0) is 32.3 Å². The topological polar surface area (TPSA) is 110 Å². The van der Waals surface area contributed by atoms with Crippen LogP contribution in [0.1, 0.15) is 56.0 Å². The molecule has 3 amide bonds. The zero-order valence-corrected chi connectivity index (χ0v) is 22.4. The quantitative estimate of drug-likeness (QED) is 0.396. The summed E-state index contributed by atoms with van der Waals surface area (Å²) in [5.41, 5.74) is 0.609. The number of hydrogen-bond acceptors (Lipinski definition) is 4. The van der Waals surface area contributed by atoms with E-state index in [4.69, 9.17) is 0 Å². The highest BCUT2D eigenvalue weighted by molar-refractivity contribution is 6.83. The normalized spacial score (nSPS) is 19.3. The molecule has 0 saturated heterocycles. The fourth-order valence-electron chi connectivity index (χ4n) is 5.39. The summed E-state index contributed by atoms with van der Waals surface area (Å²) in [6.45, 7) is 8.85. The molecule has 196 valence electrons. The van der Waals surface area contributed by atoms with E-state index in [1.165, 1.54) is 17.0 Å². The van der Waals surface area contributed by atoms with Crippen LogP contribution in [-0.2, 0) is 16.9 Å². The first-order valence-electron chi connectivity index (χ1n) is 12.3. The number of carbonyl (C=O) groups is 2. The molecule has 1 fully saturated rings. The van der Waals surface area contributed by atoms with Crippen LogP contribution in [0.2, 0.25) is 24.7 Å². The second kappa shape index (κ2) is 8.95. The number of H-pyrrole nitrogens is 1. The van der Waals surface area contributed by atoms with E-state index in [2.05, 4.69) is 40.5 Å². The summed E-state index contributed by atoms with van der Waals surface area (Å²) in [4.78, 5) is 28.1. The molecule has 1 atom stereocenters. The summed E-state index contributed by atoms with van der Waals surface area (Å²) >= 11 is 0. The number of carbonyl (C=O) groups excluding carboxylic acids is 2. The number of benzene rings is 1. The predicted molar refractivity (Wildman–Crippen MR) is 135 cm³/mol. The fourth-order valence-corrected chi connectivity index (χ4v) is 7.99. The van der Waals surface area contributed by atoms with Gasteiger partial charge in [-0.15, -0.1) is 0 Å². The summed E-state index contributed by atoms with van der Waals surface area (Å²) in [5, 5.41) is 21.7. The highest BCUT2D eigenvalue weighted by atomic mass is 28.3. The maximum Gasteiger partial charge on any atom is 0.319 e. The third-order valence-corrected chi connectivity index (χ3v) is 11.7. The average molecular weight is 520 g/mol. The van der Waals surface area contributed by atoms with Gasteiger partial charge in [0.05, 0.1) is 25.9 Å². The third-order valence-electron chi connectivity index (χ3n) is 8.06. The van der Waals surface area contributed by atoms with E-state index >= 15 is 0 Å². The van der Waals surface area contributed by atoms with Crippen LogP contribution in [0.5, 0.6) is 0 Å². The van der Waals surface area contributed by atoms with Crippen LogP contribution in [-0.4, -0.2) is 52.7 Å². The molecule has 1 aromatic carbocycles. The lowest BCUT2D eigenvalue weighted by atomic mass is 9.83. The maximum atomic E-state index is 14.7. The minimum atomic E-state index is -3.57. The summed E-state index contributed by atoms with van der Waals surface area (Å²) in [7, 11) is -1.79. The van der Waals surface area contributed by atoms with Crippen LogP contribution in [0.15, 0.2) is 30.3 Å². The van der Waals surface area contributed by atoms with Crippen LogP contribution >= 0.6 is 0 Å². The molecule has 0 radical (unpaired) electrons. The molecule has 1 aromatic heterocycles. The molecule has 36 heavy (non-hydrogen) atoms. The van der Waals surface area contributed by atoms with Crippen molar-refractivity contribution in [2.24, 2.45) is 0 Å². The number of nitrogens with zero attached hydrogens (tertiary/aromatic N) is 2. The van der Waals surface area contributed by atoms with Crippen molar-refractivity contribution in [2.75, 3.05) is 11.9 Å². The predicted octanol–water partition coefficient (Wildman–Crippen LogP) is 4.74. The van der Waals surface area contributed by atoms with Crippen molar-refractivity contribution in [1.82, 2.24) is 20.4 Å². The number of halogens is 2. The van der Waals surface area contributed by atoms with E-state index in [0.717, 1.165) is 19.3 Å². The molecule has 1 saturated carbocycles. The van der Waals surface area contributed by atoms with Gasteiger partial charge in [0.25, 0.3) is 5.92 Å². The first-order chi connectivity index (χ1) is 16.7.